The van der Waals surface area contributed by atoms with Crippen LogP contribution in [0.4, 0.5) is 0 Å². The number of piperazine rings is 1. The molecule has 134 valence electrons. The lowest BCUT2D eigenvalue weighted by atomic mass is 10.1. The summed E-state index contributed by atoms with van der Waals surface area (Å²) >= 11 is 2.12. The topological polar surface area (TPSA) is 58.6 Å². The molecule has 0 saturated carbocycles. The molecule has 0 aromatic heterocycles. The maximum absolute atomic E-state index is 13.1. The second-order valence-electron chi connectivity index (χ2n) is 6.17. The first kappa shape index (κ1) is 18.6. The Balaban J connectivity index is 2.00. The molecule has 1 heterocycles. The van der Waals surface area contributed by atoms with Crippen molar-refractivity contribution in [3.8, 4) is 11.5 Å². The van der Waals surface area contributed by atoms with Crippen LogP contribution in [0.2, 0.25) is 0 Å². The molecule has 1 saturated heterocycles. The molecule has 5 nitrogen and oxygen atoms in total. The Kier molecular flexibility index (Phi) is 5.67. The summed E-state index contributed by atoms with van der Waals surface area (Å²) in [5.74, 6) is 1.01. The van der Waals surface area contributed by atoms with E-state index in [-0.39, 0.29) is 4.90 Å². The third kappa shape index (κ3) is 4.33. The van der Waals surface area contributed by atoms with Crippen LogP contribution in [0.25, 0.3) is 0 Å². The molecular weight excluding hydrogens is 451 g/mol. The Hall–Kier alpha value is -1.16. The second-order valence-corrected chi connectivity index (χ2v) is 9.32. The Morgan fingerprint density at radius 2 is 1.68 bits per heavy atom. The molecule has 1 fully saturated rings. The van der Waals surface area contributed by atoms with Gasteiger partial charge in [0.05, 0.1) is 0 Å². The van der Waals surface area contributed by atoms with Gasteiger partial charge in [0.1, 0.15) is 16.4 Å². The van der Waals surface area contributed by atoms with Gasteiger partial charge in [-0.1, -0.05) is 6.07 Å². The molecule has 1 aliphatic rings. The van der Waals surface area contributed by atoms with Crippen LogP contribution in [0.3, 0.4) is 0 Å². The predicted molar refractivity (Wildman–Crippen MR) is 107 cm³/mol. The molecule has 0 bridgehead atoms. The molecule has 2 aromatic carbocycles. The van der Waals surface area contributed by atoms with E-state index in [0.29, 0.717) is 37.7 Å². The van der Waals surface area contributed by atoms with E-state index in [1.807, 2.05) is 32.0 Å². The average Bonchev–Trinajstić information content (AvgIpc) is 2.56. The quantitative estimate of drug-likeness (QED) is 0.695. The van der Waals surface area contributed by atoms with Gasteiger partial charge in [0, 0.05) is 29.7 Å². The molecule has 0 spiro atoms. The van der Waals surface area contributed by atoms with Crippen LogP contribution in [0.15, 0.2) is 41.3 Å². The van der Waals surface area contributed by atoms with Crippen molar-refractivity contribution in [1.82, 2.24) is 9.62 Å². The Morgan fingerprint density at radius 3 is 2.32 bits per heavy atom. The number of halogens is 1. The van der Waals surface area contributed by atoms with Gasteiger partial charge in [-0.05, 0) is 77.9 Å². The molecule has 1 aliphatic heterocycles. The van der Waals surface area contributed by atoms with E-state index in [0.717, 1.165) is 14.7 Å². The van der Waals surface area contributed by atoms with E-state index in [2.05, 4.69) is 34.0 Å². The van der Waals surface area contributed by atoms with Gasteiger partial charge in [0.15, 0.2) is 0 Å². The fraction of sp³-hybridized carbons (Fsp3) is 0.333. The summed E-state index contributed by atoms with van der Waals surface area (Å²) < 4.78 is 34.6. The number of nitrogens with one attached hydrogen (secondary N) is 1. The van der Waals surface area contributed by atoms with Gasteiger partial charge in [-0.2, -0.15) is 4.31 Å². The van der Waals surface area contributed by atoms with Crippen LogP contribution >= 0.6 is 22.6 Å². The van der Waals surface area contributed by atoms with E-state index in [1.165, 1.54) is 4.31 Å². The number of hydrogen-bond acceptors (Lipinski definition) is 4. The highest BCUT2D eigenvalue weighted by Gasteiger charge is 2.29. The zero-order chi connectivity index (χ0) is 18.0. The van der Waals surface area contributed by atoms with Crippen LogP contribution in [0.1, 0.15) is 11.1 Å². The maximum Gasteiger partial charge on any atom is 0.246 e. The van der Waals surface area contributed by atoms with Gasteiger partial charge in [-0.15, -0.1) is 0 Å². The van der Waals surface area contributed by atoms with E-state index >= 15 is 0 Å². The largest absolute Gasteiger partial charge is 0.456 e. The van der Waals surface area contributed by atoms with Crippen molar-refractivity contribution in [2.75, 3.05) is 26.2 Å². The van der Waals surface area contributed by atoms with Crippen molar-refractivity contribution in [2.45, 2.75) is 18.7 Å². The highest BCUT2D eigenvalue weighted by Crippen LogP contribution is 2.33. The minimum Gasteiger partial charge on any atom is -0.456 e. The number of hydrogen-bond donors (Lipinski definition) is 1. The van der Waals surface area contributed by atoms with Gasteiger partial charge in [0.25, 0.3) is 0 Å². The Bertz CT molecular complexity index is 858. The summed E-state index contributed by atoms with van der Waals surface area (Å²) in [6.45, 7) is 6.25. The van der Waals surface area contributed by atoms with Gasteiger partial charge in [-0.3, -0.25) is 0 Å². The number of benzene rings is 2. The van der Waals surface area contributed by atoms with Gasteiger partial charge in [-0.25, -0.2) is 8.42 Å². The molecule has 0 unspecified atom stereocenters. The molecule has 0 aliphatic carbocycles. The number of aryl methyl sites for hydroxylation is 2. The Morgan fingerprint density at radius 1 is 1.04 bits per heavy atom. The third-order valence-electron chi connectivity index (χ3n) is 4.02. The maximum atomic E-state index is 13.1. The third-order valence-corrected chi connectivity index (χ3v) is 6.61. The van der Waals surface area contributed by atoms with Crippen LogP contribution in [0, 0.1) is 17.4 Å². The zero-order valence-electron chi connectivity index (χ0n) is 14.3. The van der Waals surface area contributed by atoms with Crippen molar-refractivity contribution in [1.29, 1.82) is 0 Å². The minimum atomic E-state index is -3.59. The molecule has 0 radical (unpaired) electrons. The zero-order valence-corrected chi connectivity index (χ0v) is 17.2. The van der Waals surface area contributed by atoms with Gasteiger partial charge >= 0.3 is 0 Å². The molecule has 0 amide bonds. The lowest BCUT2D eigenvalue weighted by Gasteiger charge is -2.27. The summed E-state index contributed by atoms with van der Waals surface area (Å²) in [6, 6.07) is 11.1. The number of nitrogens with zero attached hydrogens (tertiary/aromatic N) is 1. The van der Waals surface area contributed by atoms with E-state index in [9.17, 15) is 8.42 Å². The van der Waals surface area contributed by atoms with Crippen molar-refractivity contribution in [3.05, 3.63) is 51.1 Å². The predicted octanol–water partition coefficient (Wildman–Crippen LogP) is 3.29. The summed E-state index contributed by atoms with van der Waals surface area (Å²) in [7, 11) is -3.59. The lowest BCUT2D eigenvalue weighted by Crippen LogP contribution is -2.46. The SMILES string of the molecule is Cc1cc(C)cc(Oc2ccc(I)cc2S(=O)(=O)N2CCNCC2)c1. The highest BCUT2D eigenvalue weighted by molar-refractivity contribution is 14.1. The number of sulfonamides is 1. The first-order valence-electron chi connectivity index (χ1n) is 8.13. The van der Waals surface area contributed by atoms with Crippen molar-refractivity contribution in [2.24, 2.45) is 0 Å². The molecular formula is C18H21IN2O3S. The summed E-state index contributed by atoms with van der Waals surface area (Å²) in [5, 5.41) is 3.18. The molecule has 25 heavy (non-hydrogen) atoms. The lowest BCUT2D eigenvalue weighted by molar-refractivity contribution is 0.358. The normalized spacial score (nSPS) is 16.0. The summed E-state index contributed by atoms with van der Waals surface area (Å²) in [5.41, 5.74) is 2.15. The summed E-state index contributed by atoms with van der Waals surface area (Å²) in [4.78, 5) is 0.223. The van der Waals surface area contributed by atoms with Crippen LogP contribution in [-0.4, -0.2) is 38.9 Å². The van der Waals surface area contributed by atoms with E-state index < -0.39 is 10.0 Å². The minimum absolute atomic E-state index is 0.223. The summed E-state index contributed by atoms with van der Waals surface area (Å²) in [6.07, 6.45) is 0. The second kappa shape index (κ2) is 7.61. The van der Waals surface area contributed by atoms with Crippen molar-refractivity contribution < 1.29 is 13.2 Å². The fourth-order valence-electron chi connectivity index (χ4n) is 2.91. The fourth-order valence-corrected chi connectivity index (χ4v) is 5.19. The monoisotopic (exact) mass is 472 g/mol. The van der Waals surface area contributed by atoms with Crippen LogP contribution in [-0.2, 0) is 10.0 Å². The van der Waals surface area contributed by atoms with E-state index in [4.69, 9.17) is 4.74 Å². The van der Waals surface area contributed by atoms with E-state index in [1.54, 1.807) is 12.1 Å². The molecule has 0 atom stereocenters. The Labute approximate surface area is 162 Å². The highest BCUT2D eigenvalue weighted by atomic mass is 127. The molecule has 3 rings (SSSR count). The van der Waals surface area contributed by atoms with Crippen LogP contribution in [0.5, 0.6) is 11.5 Å². The first-order valence-corrected chi connectivity index (χ1v) is 10.6. The number of rotatable bonds is 4. The molecule has 1 N–H and O–H groups in total. The van der Waals surface area contributed by atoms with Gasteiger partial charge < -0.3 is 10.1 Å². The average molecular weight is 472 g/mol. The van der Waals surface area contributed by atoms with Crippen LogP contribution < -0.4 is 10.1 Å². The molecule has 7 heteroatoms. The van der Waals surface area contributed by atoms with Gasteiger partial charge in [0.2, 0.25) is 10.0 Å². The molecule has 2 aromatic rings. The number of ether oxygens (including phenoxy) is 1. The van der Waals surface area contributed by atoms with Crippen molar-refractivity contribution >= 4 is 32.6 Å². The first-order chi connectivity index (χ1) is 11.9. The standard InChI is InChI=1S/C18H21IN2O3S/c1-13-9-14(2)11-16(10-13)24-17-4-3-15(19)12-18(17)25(22,23)21-7-5-20-6-8-21/h3-4,9-12,20H,5-8H2,1-2H3. The smallest absolute Gasteiger partial charge is 0.246 e. The van der Waals surface area contributed by atoms with Crippen molar-refractivity contribution in [3.63, 3.8) is 0 Å².